The van der Waals surface area contributed by atoms with Crippen molar-refractivity contribution in [1.82, 2.24) is 4.90 Å². The monoisotopic (exact) mass is 195 g/mol. The molecule has 0 amide bonds. The third-order valence-corrected chi connectivity index (χ3v) is 3.66. The summed E-state index contributed by atoms with van der Waals surface area (Å²) in [5, 5.41) is 0. The third kappa shape index (κ3) is 1.60. The highest BCUT2D eigenvalue weighted by Gasteiger charge is 2.40. The number of aliphatic imine (C=N–C) groups is 1. The smallest absolute Gasteiger partial charge is 0.191 e. The fraction of sp³-hybridized carbons (Fsp3) is 0.909. The largest absolute Gasteiger partial charge is 0.370 e. The van der Waals surface area contributed by atoms with Crippen LogP contribution in [-0.2, 0) is 0 Å². The van der Waals surface area contributed by atoms with Crippen LogP contribution in [0.25, 0.3) is 0 Å². The average molecular weight is 195 g/mol. The maximum Gasteiger partial charge on any atom is 0.191 e. The van der Waals surface area contributed by atoms with Gasteiger partial charge in [-0.1, -0.05) is 20.8 Å². The molecule has 3 nitrogen and oxygen atoms in total. The molecular formula is C11H21N3. The van der Waals surface area contributed by atoms with Crippen LogP contribution in [0.2, 0.25) is 0 Å². The molecule has 0 aromatic rings. The van der Waals surface area contributed by atoms with Crippen LogP contribution in [0.3, 0.4) is 0 Å². The predicted octanol–water partition coefficient (Wildman–Crippen LogP) is 1.44. The molecule has 0 spiro atoms. The summed E-state index contributed by atoms with van der Waals surface area (Å²) in [6, 6.07) is 1.26. The Morgan fingerprint density at radius 1 is 1.36 bits per heavy atom. The molecule has 2 aliphatic rings. The van der Waals surface area contributed by atoms with Gasteiger partial charge < -0.3 is 10.6 Å². The number of guanidine groups is 1. The molecule has 2 atom stereocenters. The summed E-state index contributed by atoms with van der Waals surface area (Å²) in [6.07, 6.45) is 2.61. The van der Waals surface area contributed by atoms with Crippen LogP contribution < -0.4 is 5.73 Å². The van der Waals surface area contributed by atoms with Gasteiger partial charge in [0.2, 0.25) is 0 Å². The Hall–Kier alpha value is -0.730. The van der Waals surface area contributed by atoms with Gasteiger partial charge in [-0.2, -0.15) is 0 Å². The summed E-state index contributed by atoms with van der Waals surface area (Å²) >= 11 is 0. The van der Waals surface area contributed by atoms with Crippen LogP contribution >= 0.6 is 0 Å². The van der Waals surface area contributed by atoms with Crippen LogP contribution in [0, 0.1) is 11.8 Å². The zero-order valence-corrected chi connectivity index (χ0v) is 9.40. The van der Waals surface area contributed by atoms with E-state index in [9.17, 15) is 0 Å². The van der Waals surface area contributed by atoms with Crippen LogP contribution in [0.1, 0.15) is 33.6 Å². The molecule has 80 valence electrons. The number of nitrogens with zero attached hydrogens (tertiary/aromatic N) is 2. The fourth-order valence-corrected chi connectivity index (χ4v) is 2.20. The normalized spacial score (nSPS) is 29.6. The van der Waals surface area contributed by atoms with E-state index in [0.717, 1.165) is 12.5 Å². The Morgan fingerprint density at radius 3 is 2.50 bits per heavy atom. The first kappa shape index (κ1) is 9.81. The molecule has 0 aromatic carbocycles. The van der Waals surface area contributed by atoms with Gasteiger partial charge in [-0.15, -0.1) is 0 Å². The van der Waals surface area contributed by atoms with E-state index in [1.54, 1.807) is 0 Å². The van der Waals surface area contributed by atoms with Crippen molar-refractivity contribution in [3.63, 3.8) is 0 Å². The summed E-state index contributed by atoms with van der Waals surface area (Å²) in [5.74, 6) is 2.17. The van der Waals surface area contributed by atoms with Gasteiger partial charge in [-0.25, -0.2) is 0 Å². The lowest BCUT2D eigenvalue weighted by Crippen LogP contribution is -2.46. The molecule has 2 unspecified atom stereocenters. The standard InChI is InChI=1S/C11H21N3/c1-7(2)8(3)10-6-13-11(12)14(10)9-4-5-9/h7-10H,4-6H2,1-3H3,(H2,12,13). The van der Waals surface area contributed by atoms with Crippen molar-refractivity contribution in [2.75, 3.05) is 6.54 Å². The summed E-state index contributed by atoms with van der Waals surface area (Å²) < 4.78 is 0. The highest BCUT2D eigenvalue weighted by atomic mass is 15.4. The topological polar surface area (TPSA) is 41.6 Å². The first-order valence-electron chi connectivity index (χ1n) is 5.69. The minimum atomic E-state index is 0.558. The van der Waals surface area contributed by atoms with Gasteiger partial charge in [0, 0.05) is 6.04 Å². The Balaban J connectivity index is 2.06. The van der Waals surface area contributed by atoms with Gasteiger partial charge in [0.1, 0.15) is 0 Å². The number of nitrogens with two attached hydrogens (primary N) is 1. The van der Waals surface area contributed by atoms with Gasteiger partial charge in [0.05, 0.1) is 12.6 Å². The van der Waals surface area contributed by atoms with Gasteiger partial charge in [-0.3, -0.25) is 4.99 Å². The minimum Gasteiger partial charge on any atom is -0.370 e. The Morgan fingerprint density at radius 2 is 2.00 bits per heavy atom. The predicted molar refractivity (Wildman–Crippen MR) is 59.1 cm³/mol. The zero-order valence-electron chi connectivity index (χ0n) is 9.40. The van der Waals surface area contributed by atoms with E-state index in [2.05, 4.69) is 30.7 Å². The summed E-state index contributed by atoms with van der Waals surface area (Å²) in [5.41, 5.74) is 5.92. The zero-order chi connectivity index (χ0) is 10.3. The summed E-state index contributed by atoms with van der Waals surface area (Å²) in [7, 11) is 0. The molecule has 1 aliphatic heterocycles. The molecule has 1 saturated carbocycles. The number of hydrogen-bond donors (Lipinski definition) is 1. The van der Waals surface area contributed by atoms with Crippen molar-refractivity contribution < 1.29 is 0 Å². The van der Waals surface area contributed by atoms with E-state index in [4.69, 9.17) is 5.73 Å². The third-order valence-electron chi connectivity index (χ3n) is 3.66. The number of rotatable bonds is 3. The second-order valence-electron chi connectivity index (χ2n) is 5.01. The second kappa shape index (κ2) is 3.44. The number of hydrogen-bond acceptors (Lipinski definition) is 3. The van der Waals surface area contributed by atoms with Crippen molar-refractivity contribution in [3.05, 3.63) is 0 Å². The Bertz CT molecular complexity index is 243. The van der Waals surface area contributed by atoms with Crippen molar-refractivity contribution in [3.8, 4) is 0 Å². The first-order valence-corrected chi connectivity index (χ1v) is 5.69. The Labute approximate surface area is 86.4 Å². The van der Waals surface area contributed by atoms with Crippen LogP contribution in [0.5, 0.6) is 0 Å². The maximum atomic E-state index is 5.92. The van der Waals surface area contributed by atoms with E-state index in [1.165, 1.54) is 12.8 Å². The van der Waals surface area contributed by atoms with Crippen molar-refractivity contribution in [2.45, 2.75) is 45.7 Å². The summed E-state index contributed by atoms with van der Waals surface area (Å²) in [4.78, 5) is 6.75. The van der Waals surface area contributed by atoms with E-state index in [1.807, 2.05) is 0 Å². The lowest BCUT2D eigenvalue weighted by molar-refractivity contribution is 0.212. The molecule has 1 fully saturated rings. The molecule has 2 rings (SSSR count). The molecular weight excluding hydrogens is 174 g/mol. The van der Waals surface area contributed by atoms with Crippen LogP contribution in [0.4, 0.5) is 0 Å². The fourth-order valence-electron chi connectivity index (χ4n) is 2.20. The molecule has 0 bridgehead atoms. The second-order valence-corrected chi connectivity index (χ2v) is 5.01. The molecule has 1 aliphatic carbocycles. The molecule has 3 heteroatoms. The maximum absolute atomic E-state index is 5.92. The molecule has 0 radical (unpaired) electrons. The first-order chi connectivity index (χ1) is 6.61. The average Bonchev–Trinajstić information content (AvgIpc) is 2.89. The molecule has 0 saturated heterocycles. The van der Waals surface area contributed by atoms with Gasteiger partial charge in [0.25, 0.3) is 0 Å². The SMILES string of the molecule is CC(C)C(C)C1CN=C(N)N1C1CC1. The van der Waals surface area contributed by atoms with Crippen molar-refractivity contribution in [1.29, 1.82) is 0 Å². The quantitative estimate of drug-likeness (QED) is 0.740. The van der Waals surface area contributed by atoms with E-state index < -0.39 is 0 Å². The lowest BCUT2D eigenvalue weighted by Gasteiger charge is -2.32. The van der Waals surface area contributed by atoms with Crippen LogP contribution in [-0.4, -0.2) is 29.5 Å². The molecule has 1 heterocycles. The van der Waals surface area contributed by atoms with Gasteiger partial charge in [-0.05, 0) is 24.7 Å². The Kier molecular flexibility index (Phi) is 2.41. The minimum absolute atomic E-state index is 0.558. The molecule has 0 aromatic heterocycles. The lowest BCUT2D eigenvalue weighted by atomic mass is 9.90. The van der Waals surface area contributed by atoms with Crippen molar-refractivity contribution >= 4 is 5.96 Å². The van der Waals surface area contributed by atoms with E-state index in [0.29, 0.717) is 23.9 Å². The van der Waals surface area contributed by atoms with E-state index >= 15 is 0 Å². The highest BCUT2D eigenvalue weighted by Crippen LogP contribution is 2.34. The van der Waals surface area contributed by atoms with E-state index in [-0.39, 0.29) is 0 Å². The van der Waals surface area contributed by atoms with Gasteiger partial charge >= 0.3 is 0 Å². The summed E-state index contributed by atoms with van der Waals surface area (Å²) in [6.45, 7) is 7.79. The van der Waals surface area contributed by atoms with Crippen molar-refractivity contribution in [2.24, 2.45) is 22.6 Å². The van der Waals surface area contributed by atoms with Crippen LogP contribution in [0.15, 0.2) is 4.99 Å². The molecule has 14 heavy (non-hydrogen) atoms. The van der Waals surface area contributed by atoms with Gasteiger partial charge in [0.15, 0.2) is 5.96 Å². The highest BCUT2D eigenvalue weighted by molar-refractivity contribution is 5.80. The molecule has 2 N–H and O–H groups in total.